The zero-order chi connectivity index (χ0) is 23.1. The van der Waals surface area contributed by atoms with Crippen LogP contribution in [0, 0.1) is 24.7 Å². The number of hydrogen-bond acceptors (Lipinski definition) is 7. The summed E-state index contributed by atoms with van der Waals surface area (Å²) in [5.74, 6) is 0.628. The topological polar surface area (TPSA) is 52.7 Å². The maximum atomic E-state index is 13.8. The van der Waals surface area contributed by atoms with Gasteiger partial charge in [0.2, 0.25) is 0 Å². The molecule has 0 aliphatic heterocycles. The van der Waals surface area contributed by atoms with Crippen LogP contribution in [-0.4, -0.2) is 19.1 Å². The predicted octanol–water partition coefficient (Wildman–Crippen LogP) is 6.64. The highest BCUT2D eigenvalue weighted by atomic mass is 32.2. The van der Waals surface area contributed by atoms with Crippen LogP contribution in [0.1, 0.15) is 21.8 Å². The minimum absolute atomic E-state index is 0.102. The molecule has 5 nitrogen and oxygen atoms in total. The number of benzene rings is 2. The monoisotopic (exact) mass is 508 g/mol. The fraction of sp³-hybridized carbons (Fsp3) is 0.167. The second kappa shape index (κ2) is 8.98. The number of para-hydroxylation sites is 2. The minimum Gasteiger partial charge on any atom is -0.275 e. The quantitative estimate of drug-likeness (QED) is 0.151. The molecule has 3 aromatic heterocycles. The van der Waals surface area contributed by atoms with E-state index in [9.17, 15) is 4.79 Å². The van der Waals surface area contributed by atoms with Gasteiger partial charge in [0.05, 0.1) is 22.1 Å². The standard InChI is InChI=1S/C24H20N4OS4/c1-14-8-4-6-10-18(14)27-21-20(33-24(27)30)22(29)28(19-11-7-5-9-15(19)2)23(26-21)32-13-17-12-31-16(3)25-17/h4-12H,13H2,1-3H3. The molecule has 0 saturated heterocycles. The summed E-state index contributed by atoms with van der Waals surface area (Å²) in [5, 5.41) is 3.70. The SMILES string of the molecule is Cc1nc(CSc2nc3c(sc(=S)n3-c3ccccc3C)c(=O)n2-c2ccccc2C)cs1. The van der Waals surface area contributed by atoms with E-state index in [0.717, 1.165) is 33.2 Å². The van der Waals surface area contributed by atoms with E-state index in [-0.39, 0.29) is 5.56 Å². The summed E-state index contributed by atoms with van der Waals surface area (Å²) in [6.07, 6.45) is 0. The molecule has 0 bridgehead atoms. The van der Waals surface area contributed by atoms with Crippen LogP contribution in [0.5, 0.6) is 0 Å². The molecular formula is C24H20N4OS4. The highest BCUT2D eigenvalue weighted by molar-refractivity contribution is 7.98. The normalized spacial score (nSPS) is 11.4. The lowest BCUT2D eigenvalue weighted by Crippen LogP contribution is -2.22. The average molecular weight is 509 g/mol. The van der Waals surface area contributed by atoms with Crippen LogP contribution in [0.3, 0.4) is 0 Å². The van der Waals surface area contributed by atoms with Crippen molar-refractivity contribution in [2.75, 3.05) is 0 Å². The first-order valence-electron chi connectivity index (χ1n) is 10.3. The molecule has 5 rings (SSSR count). The first-order valence-corrected chi connectivity index (χ1v) is 13.4. The fourth-order valence-corrected chi connectivity index (χ4v) is 6.60. The van der Waals surface area contributed by atoms with Gasteiger partial charge in [-0.15, -0.1) is 11.3 Å². The smallest absolute Gasteiger partial charge is 0.275 e. The lowest BCUT2D eigenvalue weighted by Gasteiger charge is -2.15. The van der Waals surface area contributed by atoms with Gasteiger partial charge in [-0.3, -0.25) is 13.9 Å². The van der Waals surface area contributed by atoms with E-state index < -0.39 is 0 Å². The van der Waals surface area contributed by atoms with E-state index in [2.05, 4.69) is 10.4 Å². The van der Waals surface area contributed by atoms with Crippen LogP contribution in [0.4, 0.5) is 0 Å². The van der Waals surface area contributed by atoms with Crippen molar-refractivity contribution in [2.24, 2.45) is 0 Å². The molecule has 0 aliphatic rings. The molecule has 0 fully saturated rings. The molecule has 3 heterocycles. The van der Waals surface area contributed by atoms with Gasteiger partial charge in [-0.25, -0.2) is 9.97 Å². The summed E-state index contributed by atoms with van der Waals surface area (Å²) in [6.45, 7) is 6.04. The van der Waals surface area contributed by atoms with Gasteiger partial charge in [0.15, 0.2) is 14.8 Å². The fourth-order valence-electron chi connectivity index (χ4n) is 3.70. The largest absolute Gasteiger partial charge is 0.278 e. The Morgan fingerprint density at radius 3 is 2.18 bits per heavy atom. The van der Waals surface area contributed by atoms with Crippen LogP contribution in [-0.2, 0) is 5.75 Å². The number of thioether (sulfide) groups is 1. The third-order valence-corrected chi connectivity index (χ3v) is 8.45. The molecule has 0 aliphatic carbocycles. The lowest BCUT2D eigenvalue weighted by atomic mass is 10.2. The highest BCUT2D eigenvalue weighted by Gasteiger charge is 2.20. The van der Waals surface area contributed by atoms with Gasteiger partial charge in [-0.2, -0.15) is 0 Å². The van der Waals surface area contributed by atoms with Crippen LogP contribution >= 0.6 is 46.7 Å². The second-order valence-electron chi connectivity index (χ2n) is 7.61. The highest BCUT2D eigenvalue weighted by Crippen LogP contribution is 2.30. The van der Waals surface area contributed by atoms with Gasteiger partial charge in [0.1, 0.15) is 4.70 Å². The number of thiazole rings is 2. The van der Waals surface area contributed by atoms with Gasteiger partial charge in [-0.05, 0) is 56.2 Å². The molecule has 0 amide bonds. The van der Waals surface area contributed by atoms with Crippen LogP contribution < -0.4 is 5.56 Å². The summed E-state index contributed by atoms with van der Waals surface area (Å²) >= 11 is 10.2. The van der Waals surface area contributed by atoms with E-state index in [4.69, 9.17) is 17.2 Å². The predicted molar refractivity (Wildman–Crippen MR) is 141 cm³/mol. The summed E-state index contributed by atoms with van der Waals surface area (Å²) < 4.78 is 4.80. The Kier molecular flexibility index (Phi) is 6.05. The van der Waals surface area contributed by atoms with Crippen LogP contribution in [0.2, 0.25) is 0 Å². The van der Waals surface area contributed by atoms with E-state index in [1.165, 1.54) is 23.1 Å². The molecule has 5 aromatic rings. The Morgan fingerprint density at radius 1 is 0.939 bits per heavy atom. The number of nitrogens with zero attached hydrogens (tertiary/aromatic N) is 4. The maximum absolute atomic E-state index is 13.8. The molecule has 166 valence electrons. The Hall–Kier alpha value is -2.59. The molecule has 0 N–H and O–H groups in total. The molecule has 0 unspecified atom stereocenters. The number of aromatic nitrogens is 4. The third-order valence-electron chi connectivity index (χ3n) is 5.31. The Labute approximate surface area is 208 Å². The summed E-state index contributed by atoms with van der Waals surface area (Å²) in [7, 11) is 0. The second-order valence-corrected chi connectivity index (χ2v) is 11.3. The number of aryl methyl sites for hydroxylation is 3. The third kappa shape index (κ3) is 4.10. The van der Waals surface area contributed by atoms with E-state index in [1.807, 2.05) is 73.9 Å². The summed E-state index contributed by atoms with van der Waals surface area (Å²) in [4.78, 5) is 23.4. The Morgan fingerprint density at radius 2 is 1.58 bits per heavy atom. The van der Waals surface area contributed by atoms with Crippen molar-refractivity contribution in [3.05, 3.63) is 90.0 Å². The minimum atomic E-state index is -0.102. The Bertz CT molecular complexity index is 1610. The van der Waals surface area contributed by atoms with Gasteiger partial charge < -0.3 is 0 Å². The molecule has 33 heavy (non-hydrogen) atoms. The zero-order valence-electron chi connectivity index (χ0n) is 18.2. The lowest BCUT2D eigenvalue weighted by molar-refractivity contribution is 0.806. The molecule has 0 spiro atoms. The zero-order valence-corrected chi connectivity index (χ0v) is 21.5. The Balaban J connectivity index is 1.77. The van der Waals surface area contributed by atoms with E-state index >= 15 is 0 Å². The first-order chi connectivity index (χ1) is 15.9. The van der Waals surface area contributed by atoms with Crippen LogP contribution in [0.15, 0.2) is 63.9 Å². The first kappa shape index (κ1) is 22.2. The summed E-state index contributed by atoms with van der Waals surface area (Å²) in [5.41, 5.74) is 5.34. The molecule has 0 saturated carbocycles. The van der Waals surface area contributed by atoms with Crippen molar-refractivity contribution in [1.29, 1.82) is 0 Å². The number of fused-ring (bicyclic) bond motifs is 1. The van der Waals surface area contributed by atoms with E-state index in [0.29, 0.717) is 25.2 Å². The van der Waals surface area contributed by atoms with Crippen molar-refractivity contribution in [2.45, 2.75) is 31.7 Å². The van der Waals surface area contributed by atoms with Gasteiger partial charge in [-0.1, -0.05) is 59.5 Å². The van der Waals surface area contributed by atoms with Crippen molar-refractivity contribution < 1.29 is 0 Å². The van der Waals surface area contributed by atoms with Crippen molar-refractivity contribution in [1.82, 2.24) is 19.1 Å². The number of rotatable bonds is 5. The average Bonchev–Trinajstić information content (AvgIpc) is 3.36. The van der Waals surface area contributed by atoms with Crippen molar-refractivity contribution >= 4 is 57.0 Å². The summed E-state index contributed by atoms with van der Waals surface area (Å²) in [6, 6.07) is 15.9. The van der Waals surface area contributed by atoms with Gasteiger partial charge in [0.25, 0.3) is 5.56 Å². The molecule has 9 heteroatoms. The maximum Gasteiger partial charge on any atom is 0.278 e. The van der Waals surface area contributed by atoms with Gasteiger partial charge >= 0.3 is 0 Å². The van der Waals surface area contributed by atoms with Crippen LogP contribution in [0.25, 0.3) is 21.7 Å². The van der Waals surface area contributed by atoms with Crippen molar-refractivity contribution in [3.8, 4) is 11.4 Å². The van der Waals surface area contributed by atoms with E-state index in [1.54, 1.807) is 15.9 Å². The molecular weight excluding hydrogens is 489 g/mol. The molecule has 2 aromatic carbocycles. The van der Waals surface area contributed by atoms with Gasteiger partial charge in [0, 0.05) is 11.1 Å². The number of hydrogen-bond donors (Lipinski definition) is 0. The van der Waals surface area contributed by atoms with Crippen molar-refractivity contribution in [3.63, 3.8) is 0 Å². The molecule has 0 atom stereocenters. The molecule has 0 radical (unpaired) electrons.